The van der Waals surface area contributed by atoms with Crippen molar-refractivity contribution in [3.05, 3.63) is 34.3 Å². The Morgan fingerprint density at radius 2 is 2.17 bits per heavy atom. The second kappa shape index (κ2) is 6.34. The largest absolute Gasteiger partial charge is 0.377 e. The molecule has 2 rings (SSSR count). The molecule has 4 heteroatoms. The second-order valence-electron chi connectivity index (χ2n) is 4.56. The van der Waals surface area contributed by atoms with Crippen molar-refractivity contribution in [1.29, 1.82) is 0 Å². The Morgan fingerprint density at radius 3 is 2.83 bits per heavy atom. The SMILES string of the molecule is CCC1OCCC1C(=O)NCc1ccc(Br)cc1. The maximum atomic E-state index is 12.1. The lowest BCUT2D eigenvalue weighted by Gasteiger charge is -2.16. The van der Waals surface area contributed by atoms with Gasteiger partial charge in [0.15, 0.2) is 0 Å². The first-order valence-electron chi connectivity index (χ1n) is 6.34. The second-order valence-corrected chi connectivity index (χ2v) is 5.47. The Kier molecular flexibility index (Phi) is 4.78. The number of amides is 1. The van der Waals surface area contributed by atoms with Crippen LogP contribution in [0.4, 0.5) is 0 Å². The maximum absolute atomic E-state index is 12.1. The molecule has 0 aromatic heterocycles. The summed E-state index contributed by atoms with van der Waals surface area (Å²) in [6.45, 7) is 3.35. The topological polar surface area (TPSA) is 38.3 Å². The fraction of sp³-hybridized carbons (Fsp3) is 0.500. The van der Waals surface area contributed by atoms with Crippen LogP contribution in [-0.4, -0.2) is 18.6 Å². The molecule has 0 spiro atoms. The number of hydrogen-bond donors (Lipinski definition) is 1. The number of carbonyl (C=O) groups excluding carboxylic acids is 1. The minimum atomic E-state index is 0.0189. The maximum Gasteiger partial charge on any atom is 0.226 e. The van der Waals surface area contributed by atoms with E-state index in [-0.39, 0.29) is 17.9 Å². The molecule has 1 N–H and O–H groups in total. The van der Waals surface area contributed by atoms with Crippen molar-refractivity contribution >= 4 is 21.8 Å². The van der Waals surface area contributed by atoms with Gasteiger partial charge < -0.3 is 10.1 Å². The summed E-state index contributed by atoms with van der Waals surface area (Å²) in [7, 11) is 0. The molecule has 2 unspecified atom stereocenters. The van der Waals surface area contributed by atoms with Crippen LogP contribution < -0.4 is 5.32 Å². The fourth-order valence-corrected chi connectivity index (χ4v) is 2.54. The molecule has 98 valence electrons. The zero-order valence-corrected chi connectivity index (χ0v) is 12.1. The number of carbonyl (C=O) groups is 1. The molecule has 0 aliphatic carbocycles. The van der Waals surface area contributed by atoms with Gasteiger partial charge in [0.2, 0.25) is 5.91 Å². The van der Waals surface area contributed by atoms with Crippen molar-refractivity contribution in [3.8, 4) is 0 Å². The van der Waals surface area contributed by atoms with Crippen LogP contribution >= 0.6 is 15.9 Å². The van der Waals surface area contributed by atoms with Gasteiger partial charge in [0.25, 0.3) is 0 Å². The van der Waals surface area contributed by atoms with Crippen LogP contribution in [0.5, 0.6) is 0 Å². The lowest BCUT2D eigenvalue weighted by molar-refractivity contribution is -0.126. The van der Waals surface area contributed by atoms with Crippen LogP contribution in [-0.2, 0) is 16.1 Å². The molecule has 1 aromatic rings. The van der Waals surface area contributed by atoms with Crippen LogP contribution in [0.15, 0.2) is 28.7 Å². The van der Waals surface area contributed by atoms with Gasteiger partial charge in [-0.1, -0.05) is 35.0 Å². The van der Waals surface area contributed by atoms with E-state index in [2.05, 4.69) is 28.2 Å². The van der Waals surface area contributed by atoms with Gasteiger partial charge in [0, 0.05) is 17.6 Å². The number of nitrogens with one attached hydrogen (secondary N) is 1. The lowest BCUT2D eigenvalue weighted by atomic mass is 9.98. The van der Waals surface area contributed by atoms with Crippen molar-refractivity contribution in [2.75, 3.05) is 6.61 Å². The highest BCUT2D eigenvalue weighted by Gasteiger charge is 2.32. The first-order valence-corrected chi connectivity index (χ1v) is 7.13. The monoisotopic (exact) mass is 311 g/mol. The third kappa shape index (κ3) is 3.33. The summed E-state index contributed by atoms with van der Waals surface area (Å²) >= 11 is 3.39. The van der Waals surface area contributed by atoms with Crippen LogP contribution in [0.25, 0.3) is 0 Å². The molecule has 3 nitrogen and oxygen atoms in total. The van der Waals surface area contributed by atoms with Crippen molar-refractivity contribution in [1.82, 2.24) is 5.32 Å². The van der Waals surface area contributed by atoms with Crippen LogP contribution in [0.3, 0.4) is 0 Å². The van der Waals surface area contributed by atoms with E-state index in [9.17, 15) is 4.79 Å². The zero-order chi connectivity index (χ0) is 13.0. The summed E-state index contributed by atoms with van der Waals surface area (Å²) in [6.07, 6.45) is 1.83. The van der Waals surface area contributed by atoms with Gasteiger partial charge in [-0.05, 0) is 30.5 Å². The number of ether oxygens (including phenoxy) is 1. The minimum absolute atomic E-state index is 0.0189. The van der Waals surface area contributed by atoms with Crippen molar-refractivity contribution in [2.24, 2.45) is 5.92 Å². The third-order valence-electron chi connectivity index (χ3n) is 3.33. The molecule has 1 amide bonds. The average Bonchev–Trinajstić information content (AvgIpc) is 2.86. The highest BCUT2D eigenvalue weighted by atomic mass is 79.9. The molecular weight excluding hydrogens is 294 g/mol. The Hall–Kier alpha value is -0.870. The number of benzene rings is 1. The van der Waals surface area contributed by atoms with Gasteiger partial charge in [-0.15, -0.1) is 0 Å². The molecule has 1 heterocycles. The normalized spacial score (nSPS) is 23.0. The molecular formula is C14H18BrNO2. The highest BCUT2D eigenvalue weighted by molar-refractivity contribution is 9.10. The Labute approximate surface area is 116 Å². The van der Waals surface area contributed by atoms with Gasteiger partial charge in [-0.3, -0.25) is 4.79 Å². The number of halogens is 1. The fourth-order valence-electron chi connectivity index (χ4n) is 2.27. The summed E-state index contributed by atoms with van der Waals surface area (Å²) in [5.41, 5.74) is 1.11. The smallest absolute Gasteiger partial charge is 0.226 e. The minimum Gasteiger partial charge on any atom is -0.377 e. The molecule has 1 aliphatic rings. The van der Waals surface area contributed by atoms with E-state index in [4.69, 9.17) is 4.74 Å². The van der Waals surface area contributed by atoms with Crippen molar-refractivity contribution in [3.63, 3.8) is 0 Å². The van der Waals surface area contributed by atoms with E-state index >= 15 is 0 Å². The molecule has 1 saturated heterocycles. The average molecular weight is 312 g/mol. The summed E-state index contributed by atoms with van der Waals surface area (Å²) in [4.78, 5) is 12.1. The first-order chi connectivity index (χ1) is 8.70. The Balaban J connectivity index is 1.86. The van der Waals surface area contributed by atoms with Gasteiger partial charge in [0.05, 0.1) is 12.0 Å². The molecule has 1 aromatic carbocycles. The predicted octanol–water partition coefficient (Wildman–Crippen LogP) is 2.88. The molecule has 0 bridgehead atoms. The Bertz CT molecular complexity index is 405. The van der Waals surface area contributed by atoms with E-state index in [1.54, 1.807) is 0 Å². The van der Waals surface area contributed by atoms with Gasteiger partial charge in [-0.2, -0.15) is 0 Å². The van der Waals surface area contributed by atoms with Crippen molar-refractivity contribution in [2.45, 2.75) is 32.4 Å². The summed E-state index contributed by atoms with van der Waals surface area (Å²) in [5.74, 6) is 0.132. The summed E-state index contributed by atoms with van der Waals surface area (Å²) < 4.78 is 6.59. The van der Waals surface area contributed by atoms with Crippen LogP contribution in [0, 0.1) is 5.92 Å². The molecule has 0 saturated carbocycles. The molecule has 1 aliphatic heterocycles. The quantitative estimate of drug-likeness (QED) is 0.928. The van der Waals surface area contributed by atoms with E-state index in [1.165, 1.54) is 0 Å². The van der Waals surface area contributed by atoms with E-state index in [0.29, 0.717) is 13.2 Å². The first kappa shape index (κ1) is 13.6. The highest BCUT2D eigenvalue weighted by Crippen LogP contribution is 2.23. The standard InChI is InChI=1S/C14H18BrNO2/c1-2-13-12(7-8-18-13)14(17)16-9-10-3-5-11(15)6-4-10/h3-6,12-13H,2,7-9H2,1H3,(H,16,17). The number of hydrogen-bond acceptors (Lipinski definition) is 2. The predicted molar refractivity (Wildman–Crippen MR) is 74.1 cm³/mol. The van der Waals surface area contributed by atoms with E-state index in [1.807, 2.05) is 24.3 Å². The lowest BCUT2D eigenvalue weighted by Crippen LogP contribution is -2.34. The number of rotatable bonds is 4. The Morgan fingerprint density at radius 1 is 1.44 bits per heavy atom. The van der Waals surface area contributed by atoms with Crippen LogP contribution in [0.2, 0.25) is 0 Å². The van der Waals surface area contributed by atoms with E-state index < -0.39 is 0 Å². The zero-order valence-electron chi connectivity index (χ0n) is 10.5. The molecule has 2 atom stereocenters. The van der Waals surface area contributed by atoms with Gasteiger partial charge in [-0.25, -0.2) is 0 Å². The molecule has 18 heavy (non-hydrogen) atoms. The van der Waals surface area contributed by atoms with Gasteiger partial charge in [0.1, 0.15) is 0 Å². The van der Waals surface area contributed by atoms with Crippen molar-refractivity contribution < 1.29 is 9.53 Å². The molecule has 0 radical (unpaired) electrons. The van der Waals surface area contributed by atoms with E-state index in [0.717, 1.165) is 22.9 Å². The third-order valence-corrected chi connectivity index (χ3v) is 3.86. The molecule has 1 fully saturated rings. The van der Waals surface area contributed by atoms with Crippen LogP contribution in [0.1, 0.15) is 25.3 Å². The summed E-state index contributed by atoms with van der Waals surface area (Å²) in [5, 5.41) is 2.99. The summed E-state index contributed by atoms with van der Waals surface area (Å²) in [6, 6.07) is 7.98. The van der Waals surface area contributed by atoms with Gasteiger partial charge >= 0.3 is 0 Å².